The third kappa shape index (κ3) is 4.27. The standard InChI is InChI=1S/C17H18BrFN2S/c1-10-8-14(18)9-11(2)16(10)21-17(22)20-12(3)13-4-6-15(19)7-5-13/h4-9,12H,1-3H3,(H2,20,21,22)/t12-/m1/s1. The summed E-state index contributed by atoms with van der Waals surface area (Å²) in [5.41, 5.74) is 4.22. The van der Waals surface area contributed by atoms with Crippen molar-refractivity contribution in [2.45, 2.75) is 26.8 Å². The Morgan fingerprint density at radius 3 is 2.23 bits per heavy atom. The molecule has 0 unspecified atom stereocenters. The van der Waals surface area contributed by atoms with Crippen LogP contribution >= 0.6 is 28.1 Å². The van der Waals surface area contributed by atoms with Gasteiger partial charge in [0.1, 0.15) is 5.82 Å². The molecule has 5 heteroatoms. The predicted octanol–water partition coefficient (Wildman–Crippen LogP) is 5.25. The van der Waals surface area contributed by atoms with Crippen molar-refractivity contribution in [1.29, 1.82) is 0 Å². The van der Waals surface area contributed by atoms with Crippen molar-refractivity contribution in [1.82, 2.24) is 5.32 Å². The van der Waals surface area contributed by atoms with Gasteiger partial charge in [-0.05, 0) is 73.9 Å². The zero-order chi connectivity index (χ0) is 16.3. The quantitative estimate of drug-likeness (QED) is 0.710. The van der Waals surface area contributed by atoms with E-state index >= 15 is 0 Å². The number of aryl methyl sites for hydroxylation is 2. The van der Waals surface area contributed by atoms with Crippen LogP contribution in [-0.2, 0) is 0 Å². The third-order valence-corrected chi connectivity index (χ3v) is 4.13. The van der Waals surface area contributed by atoms with Gasteiger partial charge in [0.05, 0.1) is 6.04 Å². The second kappa shape index (κ2) is 7.20. The van der Waals surface area contributed by atoms with Gasteiger partial charge in [-0.25, -0.2) is 4.39 Å². The summed E-state index contributed by atoms with van der Waals surface area (Å²) in [5.74, 6) is -0.238. The molecule has 0 aliphatic carbocycles. The molecule has 2 N–H and O–H groups in total. The molecule has 2 aromatic carbocycles. The topological polar surface area (TPSA) is 24.1 Å². The molecule has 0 aliphatic rings. The Kier molecular flexibility index (Phi) is 5.53. The van der Waals surface area contributed by atoms with Gasteiger partial charge in [0, 0.05) is 10.2 Å². The first-order valence-corrected chi connectivity index (χ1v) is 8.16. The number of rotatable bonds is 3. The first-order chi connectivity index (χ1) is 10.4. The van der Waals surface area contributed by atoms with Crippen LogP contribution in [0.15, 0.2) is 40.9 Å². The molecule has 0 spiro atoms. The van der Waals surface area contributed by atoms with E-state index in [2.05, 4.69) is 26.6 Å². The molecule has 22 heavy (non-hydrogen) atoms. The molecule has 0 radical (unpaired) electrons. The summed E-state index contributed by atoms with van der Waals surface area (Å²) >= 11 is 8.87. The van der Waals surface area contributed by atoms with Crippen molar-refractivity contribution in [3.05, 3.63) is 63.4 Å². The summed E-state index contributed by atoms with van der Waals surface area (Å²) in [6.45, 7) is 6.06. The lowest BCUT2D eigenvalue weighted by Crippen LogP contribution is -2.31. The molecule has 116 valence electrons. The Morgan fingerprint density at radius 2 is 1.68 bits per heavy atom. The Labute approximate surface area is 144 Å². The van der Waals surface area contributed by atoms with Crippen LogP contribution in [0.25, 0.3) is 0 Å². The van der Waals surface area contributed by atoms with Crippen molar-refractivity contribution in [3.63, 3.8) is 0 Å². The highest BCUT2D eigenvalue weighted by atomic mass is 79.9. The third-order valence-electron chi connectivity index (χ3n) is 3.45. The number of nitrogens with one attached hydrogen (secondary N) is 2. The van der Waals surface area contributed by atoms with Crippen LogP contribution in [0.3, 0.4) is 0 Å². The Morgan fingerprint density at radius 1 is 1.14 bits per heavy atom. The van der Waals surface area contributed by atoms with E-state index in [-0.39, 0.29) is 11.9 Å². The minimum absolute atomic E-state index is 0.00309. The van der Waals surface area contributed by atoms with E-state index in [1.165, 1.54) is 12.1 Å². The van der Waals surface area contributed by atoms with E-state index < -0.39 is 0 Å². The molecule has 2 rings (SSSR count). The molecule has 2 nitrogen and oxygen atoms in total. The number of anilines is 1. The smallest absolute Gasteiger partial charge is 0.171 e. The van der Waals surface area contributed by atoms with Gasteiger partial charge in [-0.1, -0.05) is 28.1 Å². The predicted molar refractivity (Wildman–Crippen MR) is 97.8 cm³/mol. The average molecular weight is 381 g/mol. The maximum absolute atomic E-state index is 13.0. The number of thiocarbonyl (C=S) groups is 1. The highest BCUT2D eigenvalue weighted by Crippen LogP contribution is 2.25. The number of benzene rings is 2. The lowest BCUT2D eigenvalue weighted by Gasteiger charge is -2.19. The Balaban J connectivity index is 2.05. The summed E-state index contributed by atoms with van der Waals surface area (Å²) < 4.78 is 14.0. The maximum Gasteiger partial charge on any atom is 0.171 e. The van der Waals surface area contributed by atoms with E-state index in [9.17, 15) is 4.39 Å². The minimum atomic E-state index is -0.238. The fraction of sp³-hybridized carbons (Fsp3) is 0.235. The molecule has 0 aromatic heterocycles. The lowest BCUT2D eigenvalue weighted by molar-refractivity contribution is 0.624. The van der Waals surface area contributed by atoms with Crippen molar-refractivity contribution < 1.29 is 4.39 Å². The average Bonchev–Trinajstić information content (AvgIpc) is 2.43. The Hall–Kier alpha value is -1.46. The highest BCUT2D eigenvalue weighted by molar-refractivity contribution is 9.10. The highest BCUT2D eigenvalue weighted by Gasteiger charge is 2.10. The van der Waals surface area contributed by atoms with Crippen LogP contribution in [0.4, 0.5) is 10.1 Å². The van der Waals surface area contributed by atoms with Gasteiger partial charge in [-0.2, -0.15) is 0 Å². The second-order valence-corrected chi connectivity index (χ2v) is 6.61. The van der Waals surface area contributed by atoms with Crippen LogP contribution in [0, 0.1) is 19.7 Å². The van der Waals surface area contributed by atoms with Crippen LogP contribution < -0.4 is 10.6 Å². The van der Waals surface area contributed by atoms with Crippen molar-refractivity contribution >= 4 is 38.9 Å². The maximum atomic E-state index is 13.0. The van der Waals surface area contributed by atoms with Gasteiger partial charge < -0.3 is 10.6 Å². The molecule has 0 amide bonds. The molecule has 0 saturated heterocycles. The van der Waals surface area contributed by atoms with Crippen LogP contribution in [0.5, 0.6) is 0 Å². The zero-order valence-electron chi connectivity index (χ0n) is 12.7. The molecular formula is C17H18BrFN2S. The first kappa shape index (κ1) is 16.9. The fourth-order valence-corrected chi connectivity index (χ4v) is 3.25. The monoisotopic (exact) mass is 380 g/mol. The summed E-state index contributed by atoms with van der Waals surface area (Å²) in [6.07, 6.45) is 0. The summed E-state index contributed by atoms with van der Waals surface area (Å²) in [6, 6.07) is 10.5. The molecular weight excluding hydrogens is 363 g/mol. The van der Waals surface area contributed by atoms with E-state index in [0.29, 0.717) is 5.11 Å². The molecule has 2 aromatic rings. The zero-order valence-corrected chi connectivity index (χ0v) is 15.1. The Bertz CT molecular complexity index is 663. The lowest BCUT2D eigenvalue weighted by atomic mass is 10.1. The van der Waals surface area contributed by atoms with Crippen LogP contribution in [-0.4, -0.2) is 5.11 Å². The van der Waals surface area contributed by atoms with E-state index in [4.69, 9.17) is 12.2 Å². The van der Waals surface area contributed by atoms with Gasteiger partial charge in [0.2, 0.25) is 0 Å². The molecule has 0 saturated carbocycles. The van der Waals surface area contributed by atoms with Gasteiger partial charge in [0.15, 0.2) is 5.11 Å². The summed E-state index contributed by atoms with van der Waals surface area (Å²) in [7, 11) is 0. The van der Waals surface area contributed by atoms with Crippen LogP contribution in [0.2, 0.25) is 0 Å². The second-order valence-electron chi connectivity index (χ2n) is 5.29. The molecule has 0 fully saturated rings. The minimum Gasteiger partial charge on any atom is -0.356 e. The van der Waals surface area contributed by atoms with Gasteiger partial charge in [0.25, 0.3) is 0 Å². The fourth-order valence-electron chi connectivity index (χ4n) is 2.29. The van der Waals surface area contributed by atoms with E-state index in [0.717, 1.165) is 26.9 Å². The SMILES string of the molecule is Cc1cc(Br)cc(C)c1NC(=S)N[C@H](C)c1ccc(F)cc1. The molecule has 0 aliphatic heterocycles. The number of halogens is 2. The van der Waals surface area contributed by atoms with Crippen LogP contribution in [0.1, 0.15) is 29.7 Å². The normalized spacial score (nSPS) is 11.9. The van der Waals surface area contributed by atoms with Crippen molar-refractivity contribution in [3.8, 4) is 0 Å². The van der Waals surface area contributed by atoms with E-state index in [1.807, 2.05) is 32.9 Å². The van der Waals surface area contributed by atoms with Crippen molar-refractivity contribution in [2.75, 3.05) is 5.32 Å². The van der Waals surface area contributed by atoms with Crippen molar-refractivity contribution in [2.24, 2.45) is 0 Å². The van der Waals surface area contributed by atoms with Gasteiger partial charge in [-0.3, -0.25) is 0 Å². The number of hydrogen-bond donors (Lipinski definition) is 2. The largest absolute Gasteiger partial charge is 0.356 e. The van der Waals surface area contributed by atoms with Gasteiger partial charge in [-0.15, -0.1) is 0 Å². The molecule has 0 bridgehead atoms. The first-order valence-electron chi connectivity index (χ1n) is 6.96. The summed E-state index contributed by atoms with van der Waals surface area (Å²) in [4.78, 5) is 0. The van der Waals surface area contributed by atoms with E-state index in [1.54, 1.807) is 12.1 Å². The van der Waals surface area contributed by atoms with Gasteiger partial charge >= 0.3 is 0 Å². The molecule has 0 heterocycles. The molecule has 1 atom stereocenters. The number of hydrogen-bond acceptors (Lipinski definition) is 1. The summed E-state index contributed by atoms with van der Waals surface area (Å²) in [5, 5.41) is 7.01.